The van der Waals surface area contributed by atoms with Crippen LogP contribution in [0.15, 0.2) is 41.1 Å². The van der Waals surface area contributed by atoms with Crippen molar-refractivity contribution in [2.24, 2.45) is 0 Å². The lowest BCUT2D eigenvalue weighted by Crippen LogP contribution is -2.43. The maximum absolute atomic E-state index is 12.4. The van der Waals surface area contributed by atoms with E-state index < -0.39 is 14.4 Å². The number of pyridine rings is 2. The van der Waals surface area contributed by atoms with Gasteiger partial charge >= 0.3 is 6.09 Å². The van der Waals surface area contributed by atoms with Gasteiger partial charge in [0.2, 0.25) is 0 Å². The first-order valence-corrected chi connectivity index (χ1v) is 15.3. The maximum atomic E-state index is 12.4. The van der Waals surface area contributed by atoms with Gasteiger partial charge in [0.05, 0.1) is 31.6 Å². The molecule has 1 N–H and O–H groups in total. The van der Waals surface area contributed by atoms with Crippen LogP contribution in [0.5, 0.6) is 5.75 Å². The van der Waals surface area contributed by atoms with Gasteiger partial charge in [-0.15, -0.1) is 0 Å². The van der Waals surface area contributed by atoms with Gasteiger partial charge in [0.1, 0.15) is 34.3 Å². The van der Waals surface area contributed by atoms with Gasteiger partial charge in [-0.05, 0) is 30.3 Å². The number of cyclic esters (lactones) is 1. The summed E-state index contributed by atoms with van der Waals surface area (Å²) < 4.78 is 23.1. The van der Waals surface area contributed by atoms with E-state index in [2.05, 4.69) is 49.1 Å². The average Bonchev–Trinajstić information content (AvgIpc) is 3.45. The smallest absolute Gasteiger partial charge is 0.410 e. The van der Waals surface area contributed by atoms with Crippen molar-refractivity contribution in [2.45, 2.75) is 51.6 Å². The van der Waals surface area contributed by atoms with E-state index >= 15 is 0 Å². The number of fused-ring (bicyclic) bond motifs is 1. The van der Waals surface area contributed by atoms with Crippen LogP contribution in [0.25, 0.3) is 11.0 Å². The summed E-state index contributed by atoms with van der Waals surface area (Å²) in [5, 5.41) is 3.71. The highest BCUT2D eigenvalue weighted by Gasteiger charge is 2.38. The first-order chi connectivity index (χ1) is 17.0. The van der Waals surface area contributed by atoms with Crippen molar-refractivity contribution in [1.29, 1.82) is 0 Å². The number of carbonyl (C=O) groups is 1. The molecule has 1 aliphatic rings. The molecule has 1 aliphatic heterocycles. The minimum Gasteiger partial charge on any atom is -0.487 e. The highest BCUT2D eigenvalue weighted by molar-refractivity contribution is 6.74. The molecule has 36 heavy (non-hydrogen) atoms. The first kappa shape index (κ1) is 26.2. The van der Waals surface area contributed by atoms with Crippen LogP contribution < -0.4 is 10.1 Å². The second kappa shape index (κ2) is 10.7. The van der Waals surface area contributed by atoms with Crippen LogP contribution in [0.3, 0.4) is 0 Å². The normalized spacial score (nSPS) is 16.4. The number of rotatable bonds is 10. The standard InChI is InChI=1S/C25H33ClN4O5Si/c1-25(2,3)36(4,5)34-12-10-30-15-18(35-24(30)31)16-33-20-8-9-27-22-19(13-21(26)29-23(20)22)28-14-17-7-6-11-32-17/h6-9,11,13,18H,10,12,14-16H2,1-5H3,(H,28,29). The van der Waals surface area contributed by atoms with Crippen molar-refractivity contribution in [3.8, 4) is 5.75 Å². The molecule has 1 atom stereocenters. The summed E-state index contributed by atoms with van der Waals surface area (Å²) in [5.41, 5.74) is 1.86. The Balaban J connectivity index is 1.36. The molecule has 4 rings (SSSR count). The van der Waals surface area contributed by atoms with E-state index in [1.807, 2.05) is 12.1 Å². The summed E-state index contributed by atoms with van der Waals surface area (Å²) in [6, 6.07) is 7.15. The fraction of sp³-hybridized carbons (Fsp3) is 0.480. The van der Waals surface area contributed by atoms with Crippen molar-refractivity contribution in [3.63, 3.8) is 0 Å². The summed E-state index contributed by atoms with van der Waals surface area (Å²) in [4.78, 5) is 22.9. The van der Waals surface area contributed by atoms with Crippen LogP contribution in [-0.2, 0) is 15.7 Å². The highest BCUT2D eigenvalue weighted by atomic mass is 35.5. The fourth-order valence-electron chi connectivity index (χ4n) is 3.57. The molecule has 9 nitrogen and oxygen atoms in total. The molecule has 11 heteroatoms. The van der Waals surface area contributed by atoms with Gasteiger partial charge in [-0.1, -0.05) is 32.4 Å². The molecule has 0 aromatic carbocycles. The number of ether oxygens (including phenoxy) is 2. The predicted octanol–water partition coefficient (Wildman–Crippen LogP) is 5.71. The Labute approximate surface area is 217 Å². The number of anilines is 1. The third kappa shape index (κ3) is 6.11. The molecule has 0 radical (unpaired) electrons. The quantitative estimate of drug-likeness (QED) is 0.262. The number of halogens is 1. The zero-order valence-corrected chi connectivity index (χ0v) is 23.1. The van der Waals surface area contributed by atoms with Crippen LogP contribution in [0, 0.1) is 0 Å². The first-order valence-electron chi connectivity index (χ1n) is 12.0. The van der Waals surface area contributed by atoms with E-state index in [1.165, 1.54) is 0 Å². The fourth-order valence-corrected chi connectivity index (χ4v) is 4.80. The van der Waals surface area contributed by atoms with E-state index in [9.17, 15) is 4.79 Å². The van der Waals surface area contributed by atoms with E-state index in [-0.39, 0.29) is 17.7 Å². The van der Waals surface area contributed by atoms with Crippen molar-refractivity contribution in [3.05, 3.63) is 47.6 Å². The van der Waals surface area contributed by atoms with Gasteiger partial charge in [0.25, 0.3) is 0 Å². The Hall–Kier alpha value is -2.82. The monoisotopic (exact) mass is 532 g/mol. The molecule has 0 saturated carbocycles. The van der Waals surface area contributed by atoms with E-state index in [0.29, 0.717) is 53.9 Å². The zero-order valence-electron chi connectivity index (χ0n) is 21.3. The van der Waals surface area contributed by atoms with Crippen LogP contribution in [0.1, 0.15) is 26.5 Å². The van der Waals surface area contributed by atoms with Crippen LogP contribution in [0.2, 0.25) is 23.3 Å². The second-order valence-electron chi connectivity index (χ2n) is 10.3. The number of hydrogen-bond acceptors (Lipinski definition) is 8. The number of hydrogen-bond donors (Lipinski definition) is 1. The molecule has 4 heterocycles. The summed E-state index contributed by atoms with van der Waals surface area (Å²) in [6.45, 7) is 13.1. The molecule has 1 amide bonds. The lowest BCUT2D eigenvalue weighted by Gasteiger charge is -2.36. The largest absolute Gasteiger partial charge is 0.487 e. The molecule has 1 fully saturated rings. The number of nitrogens with one attached hydrogen (secondary N) is 1. The van der Waals surface area contributed by atoms with Gasteiger partial charge < -0.3 is 28.5 Å². The SMILES string of the molecule is CC(C)(C)[Si](C)(C)OCCN1CC(COc2ccnc3c(NCc4ccco4)cc(Cl)nc23)OC1=O. The third-order valence-corrected chi connectivity index (χ3v) is 11.4. The second-order valence-corrected chi connectivity index (χ2v) is 15.5. The van der Waals surface area contributed by atoms with Gasteiger partial charge in [-0.3, -0.25) is 4.98 Å². The number of amides is 1. The van der Waals surface area contributed by atoms with Crippen molar-refractivity contribution >= 4 is 42.7 Å². The Bertz CT molecular complexity index is 1200. The van der Waals surface area contributed by atoms with Gasteiger partial charge in [0, 0.05) is 24.9 Å². The van der Waals surface area contributed by atoms with E-state index in [1.54, 1.807) is 29.5 Å². The lowest BCUT2D eigenvalue weighted by atomic mass is 10.2. The summed E-state index contributed by atoms with van der Waals surface area (Å²) in [5.74, 6) is 1.30. The van der Waals surface area contributed by atoms with Gasteiger partial charge in [-0.2, -0.15) is 0 Å². The van der Waals surface area contributed by atoms with Crippen molar-refractivity contribution < 1.29 is 23.1 Å². The maximum Gasteiger partial charge on any atom is 0.410 e. The number of nitrogens with zero attached hydrogens (tertiary/aromatic N) is 3. The number of carbonyl (C=O) groups excluding carboxylic acids is 1. The summed E-state index contributed by atoms with van der Waals surface area (Å²) >= 11 is 6.29. The van der Waals surface area contributed by atoms with Crippen LogP contribution in [-0.4, -0.2) is 61.7 Å². The molecule has 1 unspecified atom stereocenters. The molecule has 3 aromatic rings. The molecular formula is C25H33ClN4O5Si. The van der Waals surface area contributed by atoms with Crippen LogP contribution in [0.4, 0.5) is 10.5 Å². The highest BCUT2D eigenvalue weighted by Crippen LogP contribution is 2.36. The predicted molar refractivity (Wildman–Crippen MR) is 141 cm³/mol. The third-order valence-electron chi connectivity index (χ3n) is 6.66. The molecular weight excluding hydrogens is 500 g/mol. The Morgan fingerprint density at radius 1 is 1.28 bits per heavy atom. The van der Waals surface area contributed by atoms with Crippen LogP contribution >= 0.6 is 11.6 Å². The minimum absolute atomic E-state index is 0.118. The van der Waals surface area contributed by atoms with Crippen molar-refractivity contribution in [2.75, 3.05) is 31.6 Å². The lowest BCUT2D eigenvalue weighted by molar-refractivity contribution is 0.102. The zero-order chi connectivity index (χ0) is 25.9. The molecule has 3 aromatic heterocycles. The number of furan rings is 1. The van der Waals surface area contributed by atoms with E-state index in [0.717, 1.165) is 5.76 Å². The molecule has 0 spiro atoms. The van der Waals surface area contributed by atoms with Crippen molar-refractivity contribution in [1.82, 2.24) is 14.9 Å². The Kier molecular flexibility index (Phi) is 7.77. The Morgan fingerprint density at radius 2 is 2.08 bits per heavy atom. The Morgan fingerprint density at radius 3 is 2.81 bits per heavy atom. The molecule has 0 bridgehead atoms. The van der Waals surface area contributed by atoms with E-state index in [4.69, 9.17) is 29.9 Å². The average molecular weight is 533 g/mol. The minimum atomic E-state index is -1.87. The molecule has 1 saturated heterocycles. The molecule has 194 valence electrons. The summed E-state index contributed by atoms with van der Waals surface area (Å²) in [6.07, 6.45) is 2.52. The molecule has 0 aliphatic carbocycles. The topological polar surface area (TPSA) is 99.0 Å². The summed E-state index contributed by atoms with van der Waals surface area (Å²) in [7, 11) is -1.87. The van der Waals surface area contributed by atoms with Gasteiger partial charge in [0.15, 0.2) is 14.4 Å². The number of aromatic nitrogens is 2. The van der Waals surface area contributed by atoms with Gasteiger partial charge in [-0.25, -0.2) is 9.78 Å².